The number of nitrogens with two attached hydrogens (primary N) is 1. The third kappa shape index (κ3) is 3.66. The highest BCUT2D eigenvalue weighted by Gasteiger charge is 2.17. The predicted octanol–water partition coefficient (Wildman–Crippen LogP) is 1.88. The van der Waals surface area contributed by atoms with Crippen LogP contribution in [-0.2, 0) is 13.6 Å². The highest BCUT2D eigenvalue weighted by molar-refractivity contribution is 7.80. The summed E-state index contributed by atoms with van der Waals surface area (Å²) in [6.45, 7) is 7.41. The van der Waals surface area contributed by atoms with Crippen molar-refractivity contribution in [2.75, 3.05) is 6.54 Å². The topological polar surface area (TPSA) is 47.1 Å². The molecule has 0 aliphatic carbocycles. The van der Waals surface area contributed by atoms with Gasteiger partial charge in [0, 0.05) is 26.2 Å². The van der Waals surface area contributed by atoms with Gasteiger partial charge in [0.25, 0.3) is 0 Å². The van der Waals surface area contributed by atoms with E-state index in [0.717, 1.165) is 16.4 Å². The highest BCUT2D eigenvalue weighted by Crippen LogP contribution is 2.21. The minimum absolute atomic E-state index is 0.350. The van der Waals surface area contributed by atoms with Crippen molar-refractivity contribution in [2.45, 2.75) is 33.4 Å². The fraction of sp³-hybridized carbons (Fsp3) is 0.636. The fourth-order valence-corrected chi connectivity index (χ4v) is 2.05. The first-order valence-electron chi connectivity index (χ1n) is 5.53. The molecule has 0 unspecified atom stereocenters. The zero-order valence-corrected chi connectivity index (χ0v) is 12.3. The summed E-state index contributed by atoms with van der Waals surface area (Å²) < 4.78 is 1.81. The second-order valence-corrected chi connectivity index (χ2v) is 5.34. The van der Waals surface area contributed by atoms with Gasteiger partial charge in [-0.15, -0.1) is 0 Å². The third-order valence-electron chi connectivity index (χ3n) is 2.70. The lowest BCUT2D eigenvalue weighted by atomic mass is 10.2. The van der Waals surface area contributed by atoms with Crippen molar-refractivity contribution in [3.05, 3.63) is 16.4 Å². The van der Waals surface area contributed by atoms with Crippen molar-refractivity contribution in [1.82, 2.24) is 14.7 Å². The third-order valence-corrected chi connectivity index (χ3v) is 3.32. The van der Waals surface area contributed by atoms with Gasteiger partial charge in [0.15, 0.2) is 0 Å². The molecule has 1 aromatic rings. The van der Waals surface area contributed by atoms with Gasteiger partial charge >= 0.3 is 0 Å². The van der Waals surface area contributed by atoms with Crippen molar-refractivity contribution in [3.63, 3.8) is 0 Å². The van der Waals surface area contributed by atoms with Gasteiger partial charge in [-0.25, -0.2) is 0 Å². The van der Waals surface area contributed by atoms with E-state index >= 15 is 0 Å². The second-order valence-electron chi connectivity index (χ2n) is 4.43. The summed E-state index contributed by atoms with van der Waals surface area (Å²) in [5.41, 5.74) is 7.45. The Morgan fingerprint density at radius 1 is 1.59 bits per heavy atom. The molecule has 17 heavy (non-hydrogen) atoms. The molecule has 0 amide bonds. The number of aryl methyl sites for hydroxylation is 2. The number of aromatic nitrogens is 2. The first kappa shape index (κ1) is 14.4. The van der Waals surface area contributed by atoms with Crippen LogP contribution in [0, 0.1) is 6.92 Å². The first-order valence-corrected chi connectivity index (χ1v) is 6.31. The maximum absolute atomic E-state index is 6.23. The van der Waals surface area contributed by atoms with Crippen LogP contribution in [0.5, 0.6) is 0 Å². The predicted molar refractivity (Wildman–Crippen MR) is 75.3 cm³/mol. The number of thiocarbonyl (C=S) groups is 1. The Balaban J connectivity index is 2.89. The Kier molecular flexibility index (Phi) is 4.91. The molecule has 0 radical (unpaired) electrons. The van der Waals surface area contributed by atoms with Crippen LogP contribution in [0.3, 0.4) is 0 Å². The zero-order chi connectivity index (χ0) is 13.2. The van der Waals surface area contributed by atoms with Crippen LogP contribution in [0.1, 0.15) is 25.2 Å². The van der Waals surface area contributed by atoms with Crippen molar-refractivity contribution < 1.29 is 0 Å². The minimum Gasteiger partial charge on any atom is -0.392 e. The molecule has 0 saturated carbocycles. The second kappa shape index (κ2) is 5.80. The summed E-state index contributed by atoms with van der Waals surface area (Å²) in [5, 5.41) is 5.02. The molecule has 1 rings (SSSR count). The monoisotopic (exact) mass is 274 g/mol. The largest absolute Gasteiger partial charge is 0.392 e. The normalized spacial score (nSPS) is 11.5. The maximum atomic E-state index is 6.23. The van der Waals surface area contributed by atoms with E-state index in [9.17, 15) is 0 Å². The molecule has 2 N–H and O–H groups in total. The fourth-order valence-electron chi connectivity index (χ4n) is 1.67. The van der Waals surface area contributed by atoms with Crippen molar-refractivity contribution in [2.24, 2.45) is 12.8 Å². The zero-order valence-electron chi connectivity index (χ0n) is 10.7. The summed E-state index contributed by atoms with van der Waals surface area (Å²) in [6, 6.07) is 0.350. The van der Waals surface area contributed by atoms with Crippen LogP contribution < -0.4 is 5.73 Å². The molecule has 6 heteroatoms. The summed E-state index contributed by atoms with van der Waals surface area (Å²) in [7, 11) is 1.90. The average Bonchev–Trinajstić information content (AvgIpc) is 2.43. The molecule has 0 spiro atoms. The van der Waals surface area contributed by atoms with E-state index in [4.69, 9.17) is 29.6 Å². The summed E-state index contributed by atoms with van der Waals surface area (Å²) in [5.74, 6) is 0. The van der Waals surface area contributed by atoms with E-state index in [1.54, 1.807) is 0 Å². The standard InChI is InChI=1S/C11H19ClN4S/c1-7(2)16(6-10(13)17)5-9-11(12)8(3)14-15(9)4/h7H,5-6H2,1-4H3,(H2,13,17). The lowest BCUT2D eigenvalue weighted by Gasteiger charge is -2.25. The summed E-state index contributed by atoms with van der Waals surface area (Å²) in [6.07, 6.45) is 0. The molecule has 0 saturated heterocycles. The van der Waals surface area contributed by atoms with Crippen LogP contribution in [0.4, 0.5) is 0 Å². The number of halogens is 1. The van der Waals surface area contributed by atoms with Gasteiger partial charge in [-0.3, -0.25) is 9.58 Å². The molecular weight excluding hydrogens is 256 g/mol. The highest BCUT2D eigenvalue weighted by atomic mass is 35.5. The van der Waals surface area contributed by atoms with Gasteiger partial charge in [0.1, 0.15) is 0 Å². The molecule has 0 aliphatic heterocycles. The summed E-state index contributed by atoms with van der Waals surface area (Å²) in [4.78, 5) is 2.67. The van der Waals surface area contributed by atoms with E-state index < -0.39 is 0 Å². The molecule has 4 nitrogen and oxygen atoms in total. The van der Waals surface area contributed by atoms with Gasteiger partial charge in [-0.2, -0.15) is 5.10 Å². The first-order chi connectivity index (χ1) is 7.82. The van der Waals surface area contributed by atoms with E-state index in [1.807, 2.05) is 18.7 Å². The molecule has 0 atom stereocenters. The van der Waals surface area contributed by atoms with Crippen molar-refractivity contribution >= 4 is 28.8 Å². The molecular formula is C11H19ClN4S. The van der Waals surface area contributed by atoms with E-state index in [1.165, 1.54) is 0 Å². The van der Waals surface area contributed by atoms with Crippen molar-refractivity contribution in [3.8, 4) is 0 Å². The lowest BCUT2D eigenvalue weighted by Crippen LogP contribution is -2.37. The lowest BCUT2D eigenvalue weighted by molar-refractivity contribution is 0.239. The Morgan fingerprint density at radius 2 is 2.18 bits per heavy atom. The van der Waals surface area contributed by atoms with Crippen LogP contribution in [-0.4, -0.2) is 32.3 Å². The molecule has 1 aromatic heterocycles. The minimum atomic E-state index is 0.350. The smallest absolute Gasteiger partial charge is 0.0870 e. The molecule has 0 bridgehead atoms. The maximum Gasteiger partial charge on any atom is 0.0870 e. The molecule has 0 aliphatic rings. The molecule has 1 heterocycles. The van der Waals surface area contributed by atoms with Crippen LogP contribution in [0.25, 0.3) is 0 Å². The number of hydrogen-bond acceptors (Lipinski definition) is 3. The number of rotatable bonds is 5. The van der Waals surface area contributed by atoms with Gasteiger partial charge in [-0.05, 0) is 20.8 Å². The van der Waals surface area contributed by atoms with Crippen LogP contribution >= 0.6 is 23.8 Å². The Labute approximate surface area is 113 Å². The van der Waals surface area contributed by atoms with E-state index in [-0.39, 0.29) is 0 Å². The average molecular weight is 275 g/mol. The van der Waals surface area contributed by atoms with Gasteiger partial charge in [0.05, 0.1) is 21.4 Å². The van der Waals surface area contributed by atoms with E-state index in [0.29, 0.717) is 24.1 Å². The molecule has 96 valence electrons. The quantitative estimate of drug-likeness (QED) is 0.833. The van der Waals surface area contributed by atoms with Crippen LogP contribution in [0.15, 0.2) is 0 Å². The summed E-state index contributed by atoms with van der Waals surface area (Å²) >= 11 is 11.2. The Bertz CT molecular complexity index is 414. The van der Waals surface area contributed by atoms with Crippen molar-refractivity contribution in [1.29, 1.82) is 0 Å². The molecule has 0 fully saturated rings. The number of hydrogen-bond donors (Lipinski definition) is 1. The number of nitrogens with zero attached hydrogens (tertiary/aromatic N) is 3. The van der Waals surface area contributed by atoms with Gasteiger partial charge in [0.2, 0.25) is 0 Å². The van der Waals surface area contributed by atoms with Gasteiger partial charge in [-0.1, -0.05) is 23.8 Å². The Hall–Kier alpha value is -0.650. The van der Waals surface area contributed by atoms with Gasteiger partial charge < -0.3 is 5.73 Å². The molecule has 0 aromatic carbocycles. The van der Waals surface area contributed by atoms with Crippen LogP contribution in [0.2, 0.25) is 5.02 Å². The SMILES string of the molecule is Cc1nn(C)c(CN(CC(N)=S)C(C)C)c1Cl. The Morgan fingerprint density at radius 3 is 2.53 bits per heavy atom. The van der Waals surface area contributed by atoms with E-state index in [2.05, 4.69) is 23.8 Å².